The standard InChI is InChI=1S/C23H23NO7/c1-13(2)21(23(27)28)24-20(25)12-30-16-8-9-17-18(11-16)31-19(22(17)26)10-14-4-6-15(29-3)7-5-14/h4-11,13,21H,12H2,1-3H3,(H,24,25)(H,27,28). The Morgan fingerprint density at radius 2 is 1.81 bits per heavy atom. The molecule has 1 aliphatic heterocycles. The third-order valence-corrected chi connectivity index (χ3v) is 4.67. The van der Waals surface area contributed by atoms with Gasteiger partial charge < -0.3 is 24.6 Å². The van der Waals surface area contributed by atoms with Crippen molar-refractivity contribution in [1.82, 2.24) is 5.32 Å². The predicted molar refractivity (Wildman–Crippen MR) is 112 cm³/mol. The number of ether oxygens (including phenoxy) is 3. The molecule has 1 heterocycles. The largest absolute Gasteiger partial charge is 0.497 e. The summed E-state index contributed by atoms with van der Waals surface area (Å²) in [5.74, 6) is -0.651. The van der Waals surface area contributed by atoms with Gasteiger partial charge in [0.25, 0.3) is 5.91 Å². The summed E-state index contributed by atoms with van der Waals surface area (Å²) >= 11 is 0. The van der Waals surface area contributed by atoms with Gasteiger partial charge in [0.2, 0.25) is 5.78 Å². The number of carbonyl (C=O) groups excluding carboxylic acids is 2. The molecule has 1 aliphatic rings. The second-order valence-corrected chi connectivity index (χ2v) is 7.29. The molecule has 8 heteroatoms. The normalized spacial score (nSPS) is 14.7. The number of allylic oxidation sites excluding steroid dienone is 1. The Morgan fingerprint density at radius 3 is 2.42 bits per heavy atom. The minimum absolute atomic E-state index is 0.177. The highest BCUT2D eigenvalue weighted by atomic mass is 16.5. The van der Waals surface area contributed by atoms with E-state index in [4.69, 9.17) is 19.3 Å². The highest BCUT2D eigenvalue weighted by molar-refractivity contribution is 6.14. The van der Waals surface area contributed by atoms with E-state index >= 15 is 0 Å². The van der Waals surface area contributed by atoms with Crippen molar-refractivity contribution in [3.8, 4) is 17.2 Å². The SMILES string of the molecule is COc1ccc(C=C2Oc3cc(OCC(=O)NC(C(=O)O)C(C)C)ccc3C2=O)cc1. The van der Waals surface area contributed by atoms with Crippen LogP contribution in [0.1, 0.15) is 29.8 Å². The number of rotatable bonds is 8. The van der Waals surface area contributed by atoms with Gasteiger partial charge >= 0.3 is 5.97 Å². The van der Waals surface area contributed by atoms with Crippen LogP contribution in [0.5, 0.6) is 17.2 Å². The van der Waals surface area contributed by atoms with Crippen LogP contribution in [0, 0.1) is 5.92 Å². The summed E-state index contributed by atoms with van der Waals surface area (Å²) in [5.41, 5.74) is 1.17. The van der Waals surface area contributed by atoms with E-state index in [0.717, 1.165) is 5.56 Å². The van der Waals surface area contributed by atoms with Crippen LogP contribution in [0.4, 0.5) is 0 Å². The van der Waals surface area contributed by atoms with Gasteiger partial charge in [-0.2, -0.15) is 0 Å². The van der Waals surface area contributed by atoms with Crippen molar-refractivity contribution < 1.29 is 33.7 Å². The molecule has 31 heavy (non-hydrogen) atoms. The van der Waals surface area contributed by atoms with Gasteiger partial charge in [-0.15, -0.1) is 0 Å². The summed E-state index contributed by atoms with van der Waals surface area (Å²) in [6, 6.07) is 10.8. The number of fused-ring (bicyclic) bond motifs is 1. The van der Waals surface area contributed by atoms with Crippen LogP contribution in [0.3, 0.4) is 0 Å². The molecule has 0 fully saturated rings. The zero-order chi connectivity index (χ0) is 22.5. The molecule has 0 aromatic heterocycles. The molecule has 2 aromatic rings. The quantitative estimate of drug-likeness (QED) is 0.626. The van der Waals surface area contributed by atoms with E-state index in [-0.39, 0.29) is 24.1 Å². The molecule has 8 nitrogen and oxygen atoms in total. The molecule has 0 aliphatic carbocycles. The Morgan fingerprint density at radius 1 is 1.13 bits per heavy atom. The Hall–Kier alpha value is -3.81. The van der Waals surface area contributed by atoms with Crippen LogP contribution >= 0.6 is 0 Å². The van der Waals surface area contributed by atoms with E-state index in [0.29, 0.717) is 22.8 Å². The molecule has 0 bridgehead atoms. The van der Waals surface area contributed by atoms with Gasteiger partial charge in [0.05, 0.1) is 12.7 Å². The number of hydrogen-bond acceptors (Lipinski definition) is 6. The van der Waals surface area contributed by atoms with Crippen LogP contribution in [0.25, 0.3) is 6.08 Å². The van der Waals surface area contributed by atoms with E-state index in [1.54, 1.807) is 63.4 Å². The summed E-state index contributed by atoms with van der Waals surface area (Å²) in [5, 5.41) is 11.6. The first-order valence-electron chi connectivity index (χ1n) is 9.66. The van der Waals surface area contributed by atoms with E-state index in [1.165, 1.54) is 6.07 Å². The zero-order valence-electron chi connectivity index (χ0n) is 17.4. The van der Waals surface area contributed by atoms with E-state index in [1.807, 2.05) is 0 Å². The molecule has 1 amide bonds. The van der Waals surface area contributed by atoms with Crippen LogP contribution in [-0.4, -0.2) is 42.5 Å². The van der Waals surface area contributed by atoms with Gasteiger partial charge in [-0.1, -0.05) is 26.0 Å². The Labute approximate surface area is 179 Å². The molecule has 1 atom stereocenters. The minimum Gasteiger partial charge on any atom is -0.497 e. The summed E-state index contributed by atoms with van der Waals surface area (Å²) in [4.78, 5) is 35.8. The maximum atomic E-state index is 12.6. The second kappa shape index (κ2) is 9.34. The number of nitrogens with one attached hydrogen (secondary N) is 1. The molecule has 3 rings (SSSR count). The number of carboxylic acid groups (broad SMARTS) is 1. The van der Waals surface area contributed by atoms with Crippen molar-refractivity contribution in [3.05, 3.63) is 59.4 Å². The van der Waals surface area contributed by atoms with E-state index in [2.05, 4.69) is 5.32 Å². The maximum Gasteiger partial charge on any atom is 0.326 e. The molecule has 162 valence electrons. The zero-order valence-corrected chi connectivity index (χ0v) is 17.4. The van der Waals surface area contributed by atoms with Gasteiger partial charge in [0.1, 0.15) is 23.3 Å². The van der Waals surface area contributed by atoms with Crippen molar-refractivity contribution in [2.75, 3.05) is 13.7 Å². The molecular formula is C23H23NO7. The molecule has 0 saturated carbocycles. The van der Waals surface area contributed by atoms with Crippen molar-refractivity contribution in [2.45, 2.75) is 19.9 Å². The molecular weight excluding hydrogens is 402 g/mol. The number of methoxy groups -OCH3 is 1. The number of carboxylic acids is 1. The van der Waals surface area contributed by atoms with Crippen LogP contribution in [0.2, 0.25) is 0 Å². The summed E-state index contributed by atoms with van der Waals surface area (Å²) in [6.07, 6.45) is 1.63. The molecule has 0 saturated heterocycles. The van der Waals surface area contributed by atoms with Crippen molar-refractivity contribution >= 4 is 23.7 Å². The van der Waals surface area contributed by atoms with Crippen LogP contribution in [0.15, 0.2) is 48.2 Å². The molecule has 2 aromatic carbocycles. The lowest BCUT2D eigenvalue weighted by Crippen LogP contribution is -2.46. The number of aliphatic carboxylic acids is 1. The molecule has 2 N–H and O–H groups in total. The first-order chi connectivity index (χ1) is 14.8. The van der Waals surface area contributed by atoms with Gasteiger partial charge in [0.15, 0.2) is 12.4 Å². The fourth-order valence-electron chi connectivity index (χ4n) is 2.99. The smallest absolute Gasteiger partial charge is 0.326 e. The number of hydrogen-bond donors (Lipinski definition) is 2. The number of carbonyl (C=O) groups is 3. The van der Waals surface area contributed by atoms with Gasteiger partial charge in [-0.25, -0.2) is 4.79 Å². The van der Waals surface area contributed by atoms with Gasteiger partial charge in [-0.3, -0.25) is 9.59 Å². The monoisotopic (exact) mass is 425 g/mol. The molecule has 0 radical (unpaired) electrons. The van der Waals surface area contributed by atoms with Crippen LogP contribution in [-0.2, 0) is 9.59 Å². The lowest BCUT2D eigenvalue weighted by Gasteiger charge is -2.18. The summed E-state index contributed by atoms with van der Waals surface area (Å²) in [6.45, 7) is 3.04. The number of amides is 1. The second-order valence-electron chi connectivity index (χ2n) is 7.29. The lowest BCUT2D eigenvalue weighted by atomic mass is 10.1. The van der Waals surface area contributed by atoms with Crippen molar-refractivity contribution in [1.29, 1.82) is 0 Å². The first kappa shape index (κ1) is 21.9. The van der Waals surface area contributed by atoms with Crippen LogP contribution < -0.4 is 19.5 Å². The van der Waals surface area contributed by atoms with E-state index in [9.17, 15) is 14.4 Å². The number of Topliss-reactive ketones (excluding diaryl/α,β-unsaturated/α-hetero) is 1. The van der Waals surface area contributed by atoms with Gasteiger partial charge in [-0.05, 0) is 41.8 Å². The topological polar surface area (TPSA) is 111 Å². The highest BCUT2D eigenvalue weighted by Crippen LogP contribution is 2.35. The number of benzene rings is 2. The number of ketones is 1. The molecule has 0 spiro atoms. The maximum absolute atomic E-state index is 12.6. The fourth-order valence-corrected chi connectivity index (χ4v) is 2.99. The average Bonchev–Trinajstić information content (AvgIpc) is 3.05. The fraction of sp³-hybridized carbons (Fsp3) is 0.261. The van der Waals surface area contributed by atoms with Crippen molar-refractivity contribution in [2.24, 2.45) is 5.92 Å². The van der Waals surface area contributed by atoms with Gasteiger partial charge in [0, 0.05) is 6.07 Å². The third kappa shape index (κ3) is 5.22. The van der Waals surface area contributed by atoms with E-state index < -0.39 is 17.9 Å². The third-order valence-electron chi connectivity index (χ3n) is 4.67. The summed E-state index contributed by atoms with van der Waals surface area (Å²) < 4.78 is 16.2. The molecule has 1 unspecified atom stereocenters. The minimum atomic E-state index is -1.11. The lowest BCUT2D eigenvalue weighted by molar-refractivity contribution is -0.143. The first-order valence-corrected chi connectivity index (χ1v) is 9.66. The Kier molecular flexibility index (Phi) is 6.59. The Bertz CT molecular complexity index is 1020. The average molecular weight is 425 g/mol. The highest BCUT2D eigenvalue weighted by Gasteiger charge is 2.28. The predicted octanol–water partition coefficient (Wildman–Crippen LogP) is 2.92. The Balaban J connectivity index is 1.65. The van der Waals surface area contributed by atoms with Crippen molar-refractivity contribution in [3.63, 3.8) is 0 Å². The summed E-state index contributed by atoms with van der Waals surface area (Å²) in [7, 11) is 1.58.